The van der Waals surface area contributed by atoms with Crippen LogP contribution in [0.4, 0.5) is 0 Å². The molecule has 0 saturated heterocycles. The zero-order valence-corrected chi connectivity index (χ0v) is 40.2. The number of carbonyl (C=O) groups excluding carboxylic acids is 3. The molecular weight excluding hydrogens is 757 g/mol. The lowest BCUT2D eigenvalue weighted by Crippen LogP contribution is -2.30. The van der Waals surface area contributed by atoms with E-state index in [9.17, 15) is 14.4 Å². The van der Waals surface area contributed by atoms with E-state index in [0.29, 0.717) is 19.3 Å². The third kappa shape index (κ3) is 48.0. The first-order valence-corrected chi connectivity index (χ1v) is 25.8. The van der Waals surface area contributed by atoms with Gasteiger partial charge in [-0.1, -0.05) is 191 Å². The second-order valence-corrected chi connectivity index (χ2v) is 17.1. The van der Waals surface area contributed by atoms with Crippen molar-refractivity contribution in [3.8, 4) is 0 Å². The molecule has 1 atom stereocenters. The molecular formula is C55H96O6. The number of rotatable bonds is 46. The van der Waals surface area contributed by atoms with Crippen LogP contribution in [0.15, 0.2) is 60.8 Å². The molecule has 0 saturated carbocycles. The summed E-state index contributed by atoms with van der Waals surface area (Å²) in [5.41, 5.74) is 0. The molecule has 6 heteroatoms. The molecule has 1 unspecified atom stereocenters. The van der Waals surface area contributed by atoms with E-state index in [-0.39, 0.29) is 31.1 Å². The Morgan fingerprint density at radius 1 is 0.328 bits per heavy atom. The van der Waals surface area contributed by atoms with Gasteiger partial charge in [0.2, 0.25) is 0 Å². The van der Waals surface area contributed by atoms with Crippen molar-refractivity contribution in [3.63, 3.8) is 0 Å². The molecule has 0 rings (SSSR count). The van der Waals surface area contributed by atoms with Crippen LogP contribution in [0, 0.1) is 0 Å². The molecule has 0 fully saturated rings. The van der Waals surface area contributed by atoms with E-state index < -0.39 is 6.10 Å². The van der Waals surface area contributed by atoms with Crippen LogP contribution in [0.2, 0.25) is 0 Å². The van der Waals surface area contributed by atoms with Crippen LogP contribution in [0.25, 0.3) is 0 Å². The molecule has 0 bridgehead atoms. The van der Waals surface area contributed by atoms with Crippen molar-refractivity contribution in [2.75, 3.05) is 13.2 Å². The maximum Gasteiger partial charge on any atom is 0.306 e. The van der Waals surface area contributed by atoms with E-state index in [2.05, 4.69) is 81.5 Å². The maximum atomic E-state index is 12.8. The Kier molecular flexibility index (Phi) is 47.4. The number of unbranched alkanes of at least 4 members (excludes halogenated alkanes) is 25. The van der Waals surface area contributed by atoms with Crippen LogP contribution in [-0.2, 0) is 28.6 Å². The molecule has 0 aromatic rings. The summed E-state index contributed by atoms with van der Waals surface area (Å²) < 4.78 is 16.8. The van der Waals surface area contributed by atoms with E-state index in [1.54, 1.807) is 0 Å². The van der Waals surface area contributed by atoms with Crippen LogP contribution < -0.4 is 0 Å². The molecule has 61 heavy (non-hydrogen) atoms. The highest BCUT2D eigenvalue weighted by Gasteiger charge is 2.19. The van der Waals surface area contributed by atoms with E-state index in [0.717, 1.165) is 109 Å². The standard InChI is InChI=1S/C55H96O6/c1-4-7-10-13-16-19-22-24-26-27-28-30-31-33-36-39-42-45-48-54(57)60-51-52(50-59-53(56)47-44-41-38-35-21-18-15-12-9-6-3)61-55(58)49-46-43-40-37-34-32-29-25-23-20-17-14-11-8-5-2/h12,15,17,19-20,22,25-27,29,52H,4-11,13-14,16,18,21,23-24,28,30-51H2,1-3H3/b15-12-,20-17-,22-19-,27-26-,29-25-. The predicted octanol–water partition coefficient (Wildman–Crippen LogP) is 16.9. The zero-order chi connectivity index (χ0) is 44.4. The zero-order valence-electron chi connectivity index (χ0n) is 40.2. The van der Waals surface area contributed by atoms with Gasteiger partial charge >= 0.3 is 17.9 Å². The van der Waals surface area contributed by atoms with Gasteiger partial charge in [0.15, 0.2) is 6.10 Å². The normalized spacial score (nSPS) is 12.5. The van der Waals surface area contributed by atoms with Gasteiger partial charge in [-0.15, -0.1) is 0 Å². The van der Waals surface area contributed by atoms with E-state index >= 15 is 0 Å². The molecule has 0 spiro atoms. The van der Waals surface area contributed by atoms with Gasteiger partial charge in [-0.05, 0) is 103 Å². The summed E-state index contributed by atoms with van der Waals surface area (Å²) in [6, 6.07) is 0. The maximum absolute atomic E-state index is 12.8. The molecule has 0 amide bonds. The molecule has 6 nitrogen and oxygen atoms in total. The third-order valence-corrected chi connectivity index (χ3v) is 10.9. The number of ether oxygens (including phenoxy) is 3. The number of esters is 3. The molecule has 0 aromatic heterocycles. The van der Waals surface area contributed by atoms with Crippen molar-refractivity contribution >= 4 is 17.9 Å². The highest BCUT2D eigenvalue weighted by molar-refractivity contribution is 5.71. The summed E-state index contributed by atoms with van der Waals surface area (Å²) in [6.07, 6.45) is 60.6. The molecule has 352 valence electrons. The molecule has 0 radical (unpaired) electrons. The van der Waals surface area contributed by atoms with E-state index in [4.69, 9.17) is 14.2 Å². The molecule has 0 aliphatic heterocycles. The number of hydrogen-bond donors (Lipinski definition) is 0. The quantitative estimate of drug-likeness (QED) is 0.0263. The summed E-state index contributed by atoms with van der Waals surface area (Å²) in [6.45, 7) is 6.51. The van der Waals surface area contributed by atoms with Crippen LogP contribution >= 0.6 is 0 Å². The van der Waals surface area contributed by atoms with Gasteiger partial charge in [0.1, 0.15) is 13.2 Å². The summed E-state index contributed by atoms with van der Waals surface area (Å²) in [7, 11) is 0. The Morgan fingerprint density at radius 2 is 0.623 bits per heavy atom. The summed E-state index contributed by atoms with van der Waals surface area (Å²) in [4.78, 5) is 37.9. The lowest BCUT2D eigenvalue weighted by atomic mass is 10.1. The summed E-state index contributed by atoms with van der Waals surface area (Å²) in [5.74, 6) is -0.916. The first-order chi connectivity index (χ1) is 30.0. The summed E-state index contributed by atoms with van der Waals surface area (Å²) >= 11 is 0. The highest BCUT2D eigenvalue weighted by atomic mass is 16.6. The van der Waals surface area contributed by atoms with Crippen molar-refractivity contribution in [2.24, 2.45) is 0 Å². The Labute approximate surface area is 377 Å². The van der Waals surface area contributed by atoms with Gasteiger partial charge in [0.05, 0.1) is 0 Å². The van der Waals surface area contributed by atoms with Crippen LogP contribution in [-0.4, -0.2) is 37.2 Å². The fraction of sp³-hybridized carbons (Fsp3) is 0.764. The Hall–Kier alpha value is -2.89. The average Bonchev–Trinajstić information content (AvgIpc) is 3.26. The van der Waals surface area contributed by atoms with Crippen molar-refractivity contribution in [1.82, 2.24) is 0 Å². The Morgan fingerprint density at radius 3 is 1.02 bits per heavy atom. The number of hydrogen-bond acceptors (Lipinski definition) is 6. The molecule has 0 N–H and O–H groups in total. The predicted molar refractivity (Wildman–Crippen MR) is 261 cm³/mol. The second kappa shape index (κ2) is 49.8. The smallest absolute Gasteiger partial charge is 0.306 e. The van der Waals surface area contributed by atoms with Crippen LogP contribution in [0.1, 0.15) is 252 Å². The van der Waals surface area contributed by atoms with Gasteiger partial charge in [-0.25, -0.2) is 0 Å². The van der Waals surface area contributed by atoms with Gasteiger partial charge in [-0.3, -0.25) is 14.4 Å². The first kappa shape index (κ1) is 58.1. The van der Waals surface area contributed by atoms with Gasteiger partial charge < -0.3 is 14.2 Å². The van der Waals surface area contributed by atoms with Gasteiger partial charge in [0.25, 0.3) is 0 Å². The fourth-order valence-corrected chi connectivity index (χ4v) is 7.03. The Balaban J connectivity index is 4.37. The fourth-order valence-electron chi connectivity index (χ4n) is 7.03. The first-order valence-electron chi connectivity index (χ1n) is 25.8. The lowest BCUT2D eigenvalue weighted by Gasteiger charge is -2.18. The van der Waals surface area contributed by atoms with Crippen molar-refractivity contribution in [3.05, 3.63) is 60.8 Å². The minimum absolute atomic E-state index is 0.0868. The van der Waals surface area contributed by atoms with E-state index in [1.165, 1.54) is 103 Å². The minimum Gasteiger partial charge on any atom is -0.462 e. The average molecular weight is 853 g/mol. The number of allylic oxidation sites excluding steroid dienone is 10. The van der Waals surface area contributed by atoms with Crippen molar-refractivity contribution in [1.29, 1.82) is 0 Å². The largest absolute Gasteiger partial charge is 0.462 e. The van der Waals surface area contributed by atoms with Crippen molar-refractivity contribution < 1.29 is 28.6 Å². The molecule has 0 aliphatic rings. The lowest BCUT2D eigenvalue weighted by molar-refractivity contribution is -0.167. The molecule has 0 aromatic carbocycles. The minimum atomic E-state index is -0.786. The van der Waals surface area contributed by atoms with Crippen LogP contribution in [0.3, 0.4) is 0 Å². The number of carbonyl (C=O) groups is 3. The monoisotopic (exact) mass is 853 g/mol. The molecule has 0 heterocycles. The highest BCUT2D eigenvalue weighted by Crippen LogP contribution is 2.14. The van der Waals surface area contributed by atoms with E-state index in [1.807, 2.05) is 0 Å². The third-order valence-electron chi connectivity index (χ3n) is 10.9. The topological polar surface area (TPSA) is 78.9 Å². The molecule has 0 aliphatic carbocycles. The van der Waals surface area contributed by atoms with Gasteiger partial charge in [0, 0.05) is 19.3 Å². The second-order valence-electron chi connectivity index (χ2n) is 17.1. The summed E-state index contributed by atoms with van der Waals surface area (Å²) in [5, 5.41) is 0. The van der Waals surface area contributed by atoms with Crippen molar-refractivity contribution in [2.45, 2.75) is 258 Å². The van der Waals surface area contributed by atoms with Gasteiger partial charge in [-0.2, -0.15) is 0 Å². The SMILES string of the molecule is CCC/C=C\CCCCCCCC(=O)OCC(COC(=O)CCCCCCCCC/C=C\C/C=C\CCCCCC)OC(=O)CCCCCCC/C=C\C/C=C\CCCCC. The Bertz CT molecular complexity index is 1120. The van der Waals surface area contributed by atoms with Crippen LogP contribution in [0.5, 0.6) is 0 Å².